The van der Waals surface area contributed by atoms with Crippen molar-refractivity contribution in [3.05, 3.63) is 33.8 Å². The summed E-state index contributed by atoms with van der Waals surface area (Å²) in [5.41, 5.74) is -1.24. The number of nitrogens with one attached hydrogen (secondary N) is 2. The number of aromatic nitrogens is 2. The first kappa shape index (κ1) is 23.5. The highest BCUT2D eigenvalue weighted by Gasteiger charge is 2.31. The Morgan fingerprint density at radius 3 is 2.50 bits per heavy atom. The molecule has 0 saturated heterocycles. The molecule has 0 fully saturated rings. The molecule has 0 aliphatic heterocycles. The van der Waals surface area contributed by atoms with Crippen molar-refractivity contribution in [1.82, 2.24) is 10.2 Å². The zero-order chi connectivity index (χ0) is 22.3. The molecule has 0 aliphatic carbocycles. The van der Waals surface area contributed by atoms with E-state index in [0.717, 1.165) is 12.1 Å². The van der Waals surface area contributed by atoms with E-state index < -0.39 is 30.2 Å². The number of rotatable bonds is 8. The quantitative estimate of drug-likeness (QED) is 0.575. The van der Waals surface area contributed by atoms with E-state index in [1.165, 1.54) is 11.3 Å². The van der Waals surface area contributed by atoms with E-state index in [0.29, 0.717) is 16.2 Å². The number of anilines is 2. The van der Waals surface area contributed by atoms with Crippen LogP contribution in [0.25, 0.3) is 0 Å². The summed E-state index contributed by atoms with van der Waals surface area (Å²) < 4.78 is 42.9. The van der Waals surface area contributed by atoms with E-state index in [-0.39, 0.29) is 35.9 Å². The lowest BCUT2D eigenvalue weighted by Gasteiger charge is -2.11. The van der Waals surface area contributed by atoms with Gasteiger partial charge >= 0.3 is 12.1 Å². The third-order valence-corrected chi connectivity index (χ3v) is 4.57. The Hall–Kier alpha value is -2.73. The number of esters is 1. The Morgan fingerprint density at radius 2 is 1.87 bits per heavy atom. The van der Waals surface area contributed by atoms with Crippen LogP contribution in [0.4, 0.5) is 24.0 Å². The Labute approximate surface area is 177 Å². The molecule has 1 aromatic heterocycles. The number of hydrogen-bond donors (Lipinski definition) is 2. The van der Waals surface area contributed by atoms with Crippen molar-refractivity contribution in [2.45, 2.75) is 32.4 Å². The van der Waals surface area contributed by atoms with Crippen LogP contribution in [0.2, 0.25) is 5.02 Å². The Balaban J connectivity index is 1.72. The monoisotopic (exact) mass is 464 g/mol. The summed E-state index contributed by atoms with van der Waals surface area (Å²) in [6.45, 7) is 1.03. The van der Waals surface area contributed by atoms with Crippen molar-refractivity contribution >= 4 is 51.5 Å². The van der Waals surface area contributed by atoms with Crippen LogP contribution in [0.15, 0.2) is 18.2 Å². The van der Waals surface area contributed by atoms with Crippen molar-refractivity contribution < 1.29 is 32.3 Å². The molecule has 0 aliphatic rings. The number of hydrogen-bond acceptors (Lipinski definition) is 7. The van der Waals surface area contributed by atoms with Crippen LogP contribution in [0.3, 0.4) is 0 Å². The fraction of sp³-hybridized carbons (Fsp3) is 0.353. The summed E-state index contributed by atoms with van der Waals surface area (Å²) in [6, 6.07) is 2.46. The van der Waals surface area contributed by atoms with Crippen molar-refractivity contribution in [1.29, 1.82) is 0 Å². The van der Waals surface area contributed by atoms with E-state index in [2.05, 4.69) is 20.8 Å². The van der Waals surface area contributed by atoms with E-state index in [1.54, 1.807) is 6.92 Å². The normalized spacial score (nSPS) is 11.1. The molecule has 0 saturated carbocycles. The standard InChI is InChI=1S/C17H16ClF3N4O4S/c1-9-24-25-16(30-9)23-13(26)3-2-4-15(28)29-8-14(27)22-12-7-10(17(19,20)21)5-6-11(12)18/h5-7H,2-4,8H2,1H3,(H,22,27)(H,23,25,26). The smallest absolute Gasteiger partial charge is 0.416 e. The number of carbonyl (C=O) groups excluding carboxylic acids is 3. The molecule has 2 aromatic rings. The topological polar surface area (TPSA) is 110 Å². The maximum absolute atomic E-state index is 12.7. The molecule has 30 heavy (non-hydrogen) atoms. The van der Waals surface area contributed by atoms with Crippen molar-refractivity contribution in [3.63, 3.8) is 0 Å². The molecule has 1 aromatic carbocycles. The van der Waals surface area contributed by atoms with Gasteiger partial charge in [-0.05, 0) is 31.5 Å². The minimum Gasteiger partial charge on any atom is -0.456 e. The van der Waals surface area contributed by atoms with Gasteiger partial charge < -0.3 is 15.4 Å². The van der Waals surface area contributed by atoms with Gasteiger partial charge in [-0.15, -0.1) is 10.2 Å². The summed E-state index contributed by atoms with van der Waals surface area (Å²) in [6.07, 6.45) is -4.53. The molecule has 0 spiro atoms. The SMILES string of the molecule is Cc1nnc(NC(=O)CCCC(=O)OCC(=O)Nc2cc(C(F)(F)F)ccc2Cl)s1. The average Bonchev–Trinajstić information content (AvgIpc) is 3.05. The Bertz CT molecular complexity index is 936. The molecule has 13 heteroatoms. The molecule has 0 unspecified atom stereocenters. The van der Waals surface area contributed by atoms with Gasteiger partial charge in [0.2, 0.25) is 11.0 Å². The lowest BCUT2D eigenvalue weighted by molar-refractivity contribution is -0.147. The summed E-state index contributed by atoms with van der Waals surface area (Å²) in [4.78, 5) is 35.2. The van der Waals surface area contributed by atoms with Crippen molar-refractivity contribution in [2.75, 3.05) is 17.2 Å². The highest BCUT2D eigenvalue weighted by molar-refractivity contribution is 7.15. The molecule has 0 atom stereocenters. The van der Waals surface area contributed by atoms with Gasteiger partial charge in [0.05, 0.1) is 16.3 Å². The maximum Gasteiger partial charge on any atom is 0.416 e. The number of carbonyl (C=O) groups is 3. The van der Waals surface area contributed by atoms with Gasteiger partial charge in [-0.3, -0.25) is 14.4 Å². The van der Waals surface area contributed by atoms with Gasteiger partial charge in [-0.25, -0.2) is 0 Å². The van der Waals surface area contributed by atoms with Crippen LogP contribution >= 0.6 is 22.9 Å². The van der Waals surface area contributed by atoms with E-state index >= 15 is 0 Å². The van der Waals surface area contributed by atoms with E-state index in [4.69, 9.17) is 16.3 Å². The van der Waals surface area contributed by atoms with Crippen LogP contribution in [0.5, 0.6) is 0 Å². The molecular formula is C17H16ClF3N4O4S. The summed E-state index contributed by atoms with van der Waals surface area (Å²) >= 11 is 6.98. The van der Waals surface area contributed by atoms with Crippen molar-refractivity contribution in [2.24, 2.45) is 0 Å². The second-order valence-corrected chi connectivity index (χ2v) is 7.52. The minimum atomic E-state index is -4.60. The van der Waals surface area contributed by atoms with Gasteiger partial charge in [0.15, 0.2) is 6.61 Å². The van der Waals surface area contributed by atoms with Crippen LogP contribution in [0, 0.1) is 6.92 Å². The number of benzene rings is 1. The third kappa shape index (κ3) is 7.59. The summed E-state index contributed by atoms with van der Waals surface area (Å²) in [5.74, 6) is -1.94. The van der Waals surface area contributed by atoms with Gasteiger partial charge in [0.1, 0.15) is 5.01 Å². The van der Waals surface area contributed by atoms with Crippen LogP contribution in [0.1, 0.15) is 29.8 Å². The van der Waals surface area contributed by atoms with Gasteiger partial charge in [-0.2, -0.15) is 13.2 Å². The maximum atomic E-state index is 12.7. The predicted octanol–water partition coefficient (Wildman–Crippen LogP) is 3.81. The zero-order valence-electron chi connectivity index (χ0n) is 15.5. The fourth-order valence-corrected chi connectivity index (χ4v) is 2.90. The van der Waals surface area contributed by atoms with Crippen LogP contribution in [-0.4, -0.2) is 34.6 Å². The predicted molar refractivity (Wildman–Crippen MR) is 103 cm³/mol. The Morgan fingerprint density at radius 1 is 1.13 bits per heavy atom. The van der Waals surface area contributed by atoms with E-state index in [1.807, 2.05) is 0 Å². The van der Waals surface area contributed by atoms with Gasteiger partial charge in [0, 0.05) is 12.8 Å². The second-order valence-electron chi connectivity index (χ2n) is 5.93. The van der Waals surface area contributed by atoms with Gasteiger partial charge in [-0.1, -0.05) is 22.9 Å². The Kier molecular flexibility index (Phi) is 8.12. The molecule has 0 bridgehead atoms. The lowest BCUT2D eigenvalue weighted by Crippen LogP contribution is -2.21. The van der Waals surface area contributed by atoms with Crippen LogP contribution < -0.4 is 10.6 Å². The number of alkyl halides is 3. The van der Waals surface area contributed by atoms with E-state index in [9.17, 15) is 27.6 Å². The summed E-state index contributed by atoms with van der Waals surface area (Å²) in [7, 11) is 0. The molecule has 0 radical (unpaired) electrons. The molecule has 2 rings (SSSR count). The van der Waals surface area contributed by atoms with Crippen LogP contribution in [-0.2, 0) is 25.3 Å². The number of amides is 2. The molecule has 2 amide bonds. The first-order valence-electron chi connectivity index (χ1n) is 8.47. The molecule has 8 nitrogen and oxygen atoms in total. The summed E-state index contributed by atoms with van der Waals surface area (Å²) in [5, 5.41) is 13.1. The first-order valence-corrected chi connectivity index (χ1v) is 9.66. The number of nitrogens with zero attached hydrogens (tertiary/aromatic N) is 2. The molecule has 162 valence electrons. The number of ether oxygens (including phenoxy) is 1. The third-order valence-electron chi connectivity index (χ3n) is 3.49. The molecule has 1 heterocycles. The second kappa shape index (κ2) is 10.3. The minimum absolute atomic E-state index is 0.0275. The fourth-order valence-electron chi connectivity index (χ4n) is 2.12. The highest BCUT2D eigenvalue weighted by atomic mass is 35.5. The highest BCUT2D eigenvalue weighted by Crippen LogP contribution is 2.33. The van der Waals surface area contributed by atoms with Gasteiger partial charge in [0.25, 0.3) is 5.91 Å². The largest absolute Gasteiger partial charge is 0.456 e. The molecular weight excluding hydrogens is 449 g/mol. The van der Waals surface area contributed by atoms with Crippen molar-refractivity contribution in [3.8, 4) is 0 Å². The first-order chi connectivity index (χ1) is 14.0. The lowest BCUT2D eigenvalue weighted by atomic mass is 10.2. The average molecular weight is 465 g/mol. The number of halogens is 4. The molecule has 2 N–H and O–H groups in total. The zero-order valence-corrected chi connectivity index (χ0v) is 17.1. The number of aryl methyl sites for hydroxylation is 1.